The number of nitrogens with zero attached hydrogens (tertiary/aromatic N) is 4. The van der Waals surface area contributed by atoms with Crippen LogP contribution in [-0.2, 0) is 0 Å². The van der Waals surface area contributed by atoms with Crippen molar-refractivity contribution in [3.63, 3.8) is 0 Å². The number of anilines is 2. The Bertz CT molecular complexity index is 814. The molecule has 3 rings (SSSR count). The van der Waals surface area contributed by atoms with E-state index in [0.29, 0.717) is 23.2 Å². The third-order valence-electron chi connectivity index (χ3n) is 3.29. The lowest BCUT2D eigenvalue weighted by molar-refractivity contribution is 0.0937. The van der Waals surface area contributed by atoms with Gasteiger partial charge in [-0.15, -0.1) is 0 Å². The molecular weight excluding hydrogens is 306 g/mol. The maximum atomic E-state index is 12.2. The second-order valence-electron chi connectivity index (χ2n) is 5.26. The fourth-order valence-electron chi connectivity index (χ4n) is 2.06. The molecule has 1 amide bonds. The van der Waals surface area contributed by atoms with Crippen LogP contribution in [0.2, 0.25) is 0 Å². The number of rotatable bonds is 5. The number of aromatic amines is 1. The van der Waals surface area contributed by atoms with E-state index in [0.717, 1.165) is 5.69 Å². The van der Waals surface area contributed by atoms with Gasteiger partial charge in [-0.3, -0.25) is 9.89 Å². The predicted molar refractivity (Wildman–Crippen MR) is 88.8 cm³/mol. The van der Waals surface area contributed by atoms with Crippen LogP contribution in [0, 0.1) is 6.92 Å². The van der Waals surface area contributed by atoms with E-state index in [1.807, 2.05) is 37.3 Å². The first-order valence-electron chi connectivity index (χ1n) is 7.45. The van der Waals surface area contributed by atoms with Crippen molar-refractivity contribution in [3.05, 3.63) is 59.9 Å². The number of amides is 1. The number of hydrogen-bond acceptors (Lipinski definition) is 6. The molecule has 0 unspecified atom stereocenters. The quantitative estimate of drug-likeness (QED) is 0.664. The van der Waals surface area contributed by atoms with Gasteiger partial charge in [-0.1, -0.05) is 18.2 Å². The maximum absolute atomic E-state index is 12.2. The number of carbonyl (C=O) groups excluding carboxylic acids is 1. The number of carbonyl (C=O) groups is 1. The minimum Gasteiger partial charge on any atom is -0.342 e. The van der Waals surface area contributed by atoms with Crippen LogP contribution < -0.4 is 10.6 Å². The molecule has 0 fully saturated rings. The molecule has 2 heterocycles. The molecule has 122 valence electrons. The molecule has 0 radical (unpaired) electrons. The summed E-state index contributed by atoms with van der Waals surface area (Å²) >= 11 is 0. The lowest BCUT2D eigenvalue weighted by atomic mass is 10.2. The van der Waals surface area contributed by atoms with E-state index in [9.17, 15) is 4.79 Å². The van der Waals surface area contributed by atoms with E-state index in [4.69, 9.17) is 0 Å². The first kappa shape index (κ1) is 15.6. The summed E-state index contributed by atoms with van der Waals surface area (Å²) in [7, 11) is 0. The van der Waals surface area contributed by atoms with Crippen molar-refractivity contribution in [3.8, 4) is 0 Å². The summed E-state index contributed by atoms with van der Waals surface area (Å²) in [4.78, 5) is 24.7. The molecule has 8 heteroatoms. The molecule has 24 heavy (non-hydrogen) atoms. The number of para-hydroxylation sites is 1. The van der Waals surface area contributed by atoms with Crippen molar-refractivity contribution in [2.24, 2.45) is 0 Å². The molecule has 0 bridgehead atoms. The first-order valence-corrected chi connectivity index (χ1v) is 7.45. The average Bonchev–Trinajstić information content (AvgIpc) is 3.03. The highest BCUT2D eigenvalue weighted by molar-refractivity contribution is 5.93. The van der Waals surface area contributed by atoms with Crippen LogP contribution in [0.1, 0.15) is 35.0 Å². The molecule has 8 nitrogen and oxygen atoms in total. The number of hydrogen-bond donors (Lipinski definition) is 3. The Labute approximate surface area is 138 Å². The average molecular weight is 323 g/mol. The molecular formula is C16H17N7O. The van der Waals surface area contributed by atoms with Crippen molar-refractivity contribution >= 4 is 17.5 Å². The predicted octanol–water partition coefficient (Wildman–Crippen LogP) is 2.14. The lowest BCUT2D eigenvalue weighted by Gasteiger charge is -2.10. The zero-order valence-corrected chi connectivity index (χ0v) is 13.3. The molecule has 0 saturated carbocycles. The molecule has 2 aromatic heterocycles. The van der Waals surface area contributed by atoms with Gasteiger partial charge < -0.3 is 10.6 Å². The van der Waals surface area contributed by atoms with E-state index in [2.05, 4.69) is 35.8 Å². The number of H-pyrrole nitrogens is 1. The van der Waals surface area contributed by atoms with Gasteiger partial charge in [0.1, 0.15) is 5.82 Å². The smallest absolute Gasteiger partial charge is 0.255 e. The number of nitrogens with one attached hydrogen (secondary N) is 3. The Hall–Kier alpha value is -3.29. The van der Waals surface area contributed by atoms with Crippen LogP contribution in [0.5, 0.6) is 0 Å². The fraction of sp³-hybridized carbons (Fsp3) is 0.188. The second-order valence-corrected chi connectivity index (χ2v) is 5.26. The first-order chi connectivity index (χ1) is 11.6. The zero-order valence-electron chi connectivity index (χ0n) is 13.3. The van der Waals surface area contributed by atoms with Crippen molar-refractivity contribution < 1.29 is 4.79 Å². The molecule has 3 N–H and O–H groups in total. The van der Waals surface area contributed by atoms with E-state index in [-0.39, 0.29) is 11.9 Å². The number of aromatic nitrogens is 5. The molecule has 0 spiro atoms. The minimum absolute atomic E-state index is 0.281. The van der Waals surface area contributed by atoms with E-state index < -0.39 is 0 Å². The SMILES string of the molecule is Cc1nc([C@H](C)NC(=O)c2cnc(Nc3ccccc3)nc2)n[nH]1. The normalized spacial score (nSPS) is 11.8. The van der Waals surface area contributed by atoms with Gasteiger partial charge in [-0.05, 0) is 26.0 Å². The Balaban J connectivity index is 1.63. The Morgan fingerprint density at radius 3 is 2.50 bits per heavy atom. The third kappa shape index (κ3) is 3.72. The van der Waals surface area contributed by atoms with Gasteiger partial charge in [0.15, 0.2) is 5.82 Å². The van der Waals surface area contributed by atoms with Gasteiger partial charge in [0.05, 0.1) is 11.6 Å². The van der Waals surface area contributed by atoms with Crippen LogP contribution in [0.3, 0.4) is 0 Å². The largest absolute Gasteiger partial charge is 0.342 e. The summed E-state index contributed by atoms with van der Waals surface area (Å²) in [5.41, 5.74) is 1.25. The van der Waals surface area contributed by atoms with Crippen molar-refractivity contribution in [1.29, 1.82) is 0 Å². The van der Waals surface area contributed by atoms with Gasteiger partial charge in [-0.25, -0.2) is 15.0 Å². The van der Waals surface area contributed by atoms with Crippen molar-refractivity contribution in [2.75, 3.05) is 5.32 Å². The summed E-state index contributed by atoms with van der Waals surface area (Å²) in [5, 5.41) is 12.7. The highest BCUT2D eigenvalue weighted by Gasteiger charge is 2.15. The van der Waals surface area contributed by atoms with E-state index >= 15 is 0 Å². The molecule has 0 aliphatic rings. The molecule has 1 aromatic carbocycles. The van der Waals surface area contributed by atoms with Gasteiger partial charge in [0.25, 0.3) is 5.91 Å². The highest BCUT2D eigenvalue weighted by Crippen LogP contribution is 2.12. The summed E-state index contributed by atoms with van der Waals surface area (Å²) in [6.45, 7) is 3.62. The van der Waals surface area contributed by atoms with Crippen LogP contribution in [0.4, 0.5) is 11.6 Å². The highest BCUT2D eigenvalue weighted by atomic mass is 16.1. The standard InChI is InChI=1S/C16H17N7O/c1-10(14-20-11(2)22-23-14)19-15(24)12-8-17-16(18-9-12)21-13-6-4-3-5-7-13/h3-10H,1-2H3,(H,19,24)(H,17,18,21)(H,20,22,23)/t10-/m0/s1. The van der Waals surface area contributed by atoms with Crippen LogP contribution in [0.15, 0.2) is 42.7 Å². The van der Waals surface area contributed by atoms with E-state index in [1.165, 1.54) is 12.4 Å². The minimum atomic E-state index is -0.315. The number of benzene rings is 1. The van der Waals surface area contributed by atoms with Gasteiger partial charge in [0, 0.05) is 18.1 Å². The monoisotopic (exact) mass is 323 g/mol. The lowest BCUT2D eigenvalue weighted by Crippen LogP contribution is -2.27. The number of aryl methyl sites for hydroxylation is 1. The van der Waals surface area contributed by atoms with Crippen molar-refractivity contribution in [1.82, 2.24) is 30.5 Å². The summed E-state index contributed by atoms with van der Waals surface area (Å²) in [5.74, 6) is 1.38. The summed E-state index contributed by atoms with van der Waals surface area (Å²) in [6.07, 6.45) is 2.95. The van der Waals surface area contributed by atoms with Crippen LogP contribution in [-0.4, -0.2) is 31.1 Å². The Kier molecular flexibility index (Phi) is 4.46. The Morgan fingerprint density at radius 2 is 1.88 bits per heavy atom. The molecule has 1 atom stereocenters. The van der Waals surface area contributed by atoms with E-state index in [1.54, 1.807) is 6.92 Å². The van der Waals surface area contributed by atoms with Gasteiger partial charge in [-0.2, -0.15) is 5.10 Å². The van der Waals surface area contributed by atoms with Gasteiger partial charge >= 0.3 is 0 Å². The molecule has 3 aromatic rings. The van der Waals surface area contributed by atoms with Crippen LogP contribution >= 0.6 is 0 Å². The van der Waals surface area contributed by atoms with Gasteiger partial charge in [0.2, 0.25) is 5.95 Å². The molecule has 0 aliphatic heterocycles. The zero-order chi connectivity index (χ0) is 16.9. The second kappa shape index (κ2) is 6.86. The Morgan fingerprint density at radius 1 is 1.17 bits per heavy atom. The third-order valence-corrected chi connectivity index (χ3v) is 3.29. The van der Waals surface area contributed by atoms with Crippen LogP contribution in [0.25, 0.3) is 0 Å². The maximum Gasteiger partial charge on any atom is 0.255 e. The topological polar surface area (TPSA) is 108 Å². The molecule has 0 saturated heterocycles. The fourth-order valence-corrected chi connectivity index (χ4v) is 2.06. The molecule has 0 aliphatic carbocycles. The summed E-state index contributed by atoms with van der Waals surface area (Å²) < 4.78 is 0. The van der Waals surface area contributed by atoms with Crippen molar-refractivity contribution in [2.45, 2.75) is 19.9 Å². The summed E-state index contributed by atoms with van der Waals surface area (Å²) in [6, 6.07) is 9.25.